The molecule has 0 aliphatic heterocycles. The second-order valence-corrected chi connectivity index (χ2v) is 6.96. The summed E-state index contributed by atoms with van der Waals surface area (Å²) in [5.41, 5.74) is 5.27. The number of hydrogen-bond donors (Lipinski definition) is 1. The highest BCUT2D eigenvalue weighted by atomic mass is 32.1. The molecule has 0 bridgehead atoms. The maximum atomic E-state index is 13.0. The first kappa shape index (κ1) is 15.2. The summed E-state index contributed by atoms with van der Waals surface area (Å²) < 4.78 is 13.0. The molecule has 1 heterocycles. The van der Waals surface area contributed by atoms with Gasteiger partial charge < -0.3 is 0 Å². The smallest absolute Gasteiger partial charge is 0.246 e. The highest BCUT2D eigenvalue weighted by Crippen LogP contribution is 2.40. The van der Waals surface area contributed by atoms with Crippen molar-refractivity contribution in [3.05, 3.63) is 53.3 Å². The summed E-state index contributed by atoms with van der Waals surface area (Å²) >= 11 is 1.45. The second kappa shape index (κ2) is 6.28. The van der Waals surface area contributed by atoms with Crippen molar-refractivity contribution in [3.63, 3.8) is 0 Å². The molecule has 24 heavy (non-hydrogen) atoms. The maximum absolute atomic E-state index is 13.0. The summed E-state index contributed by atoms with van der Waals surface area (Å²) in [6, 6.07) is 6.19. The third-order valence-electron chi connectivity index (χ3n) is 4.47. The van der Waals surface area contributed by atoms with Crippen LogP contribution in [0.4, 0.5) is 4.39 Å². The number of fused-ring (bicyclic) bond motifs is 1. The molecular weight excluding hydrogens is 325 g/mol. The van der Waals surface area contributed by atoms with E-state index in [2.05, 4.69) is 27.7 Å². The Labute approximate surface area is 143 Å². The molecule has 6 heteroatoms. The predicted octanol–water partition coefficient (Wildman–Crippen LogP) is 3.56. The van der Waals surface area contributed by atoms with Crippen LogP contribution in [0, 0.1) is 17.7 Å². The Balaban J connectivity index is 1.35. The fraction of sp³-hybridized carbons (Fsp3) is 0.278. The number of nitrogens with zero attached hydrogens (tertiary/aromatic N) is 2. The monoisotopic (exact) mass is 341 g/mol. The van der Waals surface area contributed by atoms with Crippen LogP contribution in [0.3, 0.4) is 0 Å². The van der Waals surface area contributed by atoms with Crippen molar-refractivity contribution in [1.29, 1.82) is 0 Å². The summed E-state index contributed by atoms with van der Waals surface area (Å²) in [5.74, 6) is 0.685. The molecule has 2 atom stereocenters. The number of hydrogen-bond acceptors (Lipinski definition) is 4. The van der Waals surface area contributed by atoms with Crippen LogP contribution in [0.1, 0.15) is 18.5 Å². The van der Waals surface area contributed by atoms with E-state index in [9.17, 15) is 9.18 Å². The first-order chi connectivity index (χ1) is 11.7. The highest BCUT2D eigenvalue weighted by molar-refractivity contribution is 7.13. The van der Waals surface area contributed by atoms with Gasteiger partial charge in [-0.2, -0.15) is 5.10 Å². The molecule has 4 rings (SSSR count). The Kier molecular flexibility index (Phi) is 3.98. The molecule has 1 aromatic carbocycles. The minimum absolute atomic E-state index is 0.159. The fourth-order valence-electron chi connectivity index (χ4n) is 3.11. The van der Waals surface area contributed by atoms with Gasteiger partial charge in [0.15, 0.2) is 0 Å². The van der Waals surface area contributed by atoms with Crippen LogP contribution in [0.15, 0.2) is 46.9 Å². The maximum Gasteiger partial charge on any atom is 0.246 e. The molecule has 2 aromatic rings. The molecule has 0 spiro atoms. The van der Waals surface area contributed by atoms with Crippen molar-refractivity contribution in [2.75, 3.05) is 0 Å². The number of allylic oxidation sites excluding steroid dienone is 2. The van der Waals surface area contributed by atoms with E-state index in [0.717, 1.165) is 29.1 Å². The number of aromatic nitrogens is 1. The van der Waals surface area contributed by atoms with Crippen molar-refractivity contribution >= 4 is 23.0 Å². The largest absolute Gasteiger partial charge is 0.273 e. The molecular formula is C18H16FN3OS. The number of rotatable bonds is 4. The molecule has 1 N–H and O–H groups in total. The fourth-order valence-corrected chi connectivity index (χ4v) is 3.94. The number of carbonyl (C=O) groups is 1. The number of benzene rings is 1. The minimum atomic E-state index is -0.273. The third kappa shape index (κ3) is 3.01. The van der Waals surface area contributed by atoms with E-state index in [0.29, 0.717) is 17.5 Å². The van der Waals surface area contributed by atoms with Gasteiger partial charge in [0.2, 0.25) is 5.91 Å². The summed E-state index contributed by atoms with van der Waals surface area (Å²) in [6.45, 7) is 0. The standard InChI is InChI=1S/C18H16FN3OS/c19-13-6-4-11(5-7-13)18-20-14(10-24-18)9-17(23)22-21-16-8-12-2-1-3-15(12)16/h1-2,4-7,10,12,15H,3,8-9H2,(H,22,23)/b21-16-/t12-,15+/m1/s1. The van der Waals surface area contributed by atoms with E-state index in [1.165, 1.54) is 23.5 Å². The van der Waals surface area contributed by atoms with E-state index in [1.54, 1.807) is 12.1 Å². The number of nitrogens with one attached hydrogen (secondary N) is 1. The van der Waals surface area contributed by atoms with Gasteiger partial charge in [-0.25, -0.2) is 14.8 Å². The zero-order valence-corrected chi connectivity index (χ0v) is 13.7. The average Bonchev–Trinajstić information content (AvgIpc) is 3.16. The Morgan fingerprint density at radius 1 is 1.38 bits per heavy atom. The zero-order valence-electron chi connectivity index (χ0n) is 12.9. The highest BCUT2D eigenvalue weighted by Gasteiger charge is 2.37. The molecule has 1 fully saturated rings. The van der Waals surface area contributed by atoms with Crippen LogP contribution in [-0.2, 0) is 11.2 Å². The number of halogens is 1. The van der Waals surface area contributed by atoms with E-state index >= 15 is 0 Å². The van der Waals surface area contributed by atoms with Gasteiger partial charge in [-0.05, 0) is 43.0 Å². The van der Waals surface area contributed by atoms with E-state index in [1.807, 2.05) is 5.38 Å². The first-order valence-electron chi connectivity index (χ1n) is 7.91. The molecule has 122 valence electrons. The number of carbonyl (C=O) groups excluding carboxylic acids is 1. The SMILES string of the molecule is O=C(Cc1csc(-c2ccc(F)cc2)n1)N/N=C1/C[C@H]2C=CC[C@H]12. The van der Waals surface area contributed by atoms with E-state index in [-0.39, 0.29) is 18.1 Å². The lowest BCUT2D eigenvalue weighted by Gasteiger charge is -2.31. The second-order valence-electron chi connectivity index (χ2n) is 6.10. The Morgan fingerprint density at radius 2 is 2.21 bits per heavy atom. The van der Waals surface area contributed by atoms with Gasteiger partial charge in [-0.3, -0.25) is 4.79 Å². The molecule has 0 radical (unpaired) electrons. The molecule has 0 saturated heterocycles. The molecule has 2 aliphatic rings. The molecule has 0 unspecified atom stereocenters. The Hall–Kier alpha value is -2.34. The van der Waals surface area contributed by atoms with Crippen LogP contribution in [0.25, 0.3) is 10.6 Å². The molecule has 1 aromatic heterocycles. The van der Waals surface area contributed by atoms with Crippen LogP contribution < -0.4 is 5.43 Å². The average molecular weight is 341 g/mol. The van der Waals surface area contributed by atoms with Crippen molar-refractivity contribution in [1.82, 2.24) is 10.4 Å². The number of amides is 1. The van der Waals surface area contributed by atoms with Crippen LogP contribution in [-0.4, -0.2) is 16.6 Å². The normalized spacial score (nSPS) is 23.1. The summed E-state index contributed by atoms with van der Waals surface area (Å²) in [5, 5.41) is 6.89. The van der Waals surface area contributed by atoms with Crippen LogP contribution >= 0.6 is 11.3 Å². The van der Waals surface area contributed by atoms with Crippen LogP contribution in [0.5, 0.6) is 0 Å². The zero-order chi connectivity index (χ0) is 16.5. The van der Waals surface area contributed by atoms with Gasteiger partial charge in [-0.1, -0.05) is 12.2 Å². The Bertz CT molecular complexity index is 825. The van der Waals surface area contributed by atoms with Gasteiger partial charge in [0, 0.05) is 22.6 Å². The summed E-state index contributed by atoms with van der Waals surface area (Å²) in [7, 11) is 0. The lowest BCUT2D eigenvalue weighted by molar-refractivity contribution is -0.120. The van der Waals surface area contributed by atoms with Crippen molar-refractivity contribution in [2.24, 2.45) is 16.9 Å². The van der Waals surface area contributed by atoms with Crippen molar-refractivity contribution in [2.45, 2.75) is 19.3 Å². The van der Waals surface area contributed by atoms with Crippen LogP contribution in [0.2, 0.25) is 0 Å². The van der Waals surface area contributed by atoms with E-state index in [4.69, 9.17) is 0 Å². The lowest BCUT2D eigenvalue weighted by atomic mass is 9.74. The Morgan fingerprint density at radius 3 is 3.00 bits per heavy atom. The topological polar surface area (TPSA) is 54.4 Å². The van der Waals surface area contributed by atoms with Crippen molar-refractivity contribution < 1.29 is 9.18 Å². The van der Waals surface area contributed by atoms with Gasteiger partial charge in [0.25, 0.3) is 0 Å². The lowest BCUT2D eigenvalue weighted by Crippen LogP contribution is -2.35. The quantitative estimate of drug-likeness (QED) is 0.683. The molecule has 2 aliphatic carbocycles. The minimum Gasteiger partial charge on any atom is -0.273 e. The third-order valence-corrected chi connectivity index (χ3v) is 5.41. The van der Waals surface area contributed by atoms with E-state index < -0.39 is 0 Å². The van der Waals surface area contributed by atoms with Gasteiger partial charge in [-0.15, -0.1) is 11.3 Å². The number of hydrazone groups is 1. The first-order valence-corrected chi connectivity index (χ1v) is 8.79. The predicted molar refractivity (Wildman–Crippen MR) is 92.1 cm³/mol. The van der Waals surface area contributed by atoms with Crippen molar-refractivity contribution in [3.8, 4) is 10.6 Å². The summed E-state index contributed by atoms with van der Waals surface area (Å²) in [6.07, 6.45) is 6.60. The number of thiazole rings is 1. The summed E-state index contributed by atoms with van der Waals surface area (Å²) in [4.78, 5) is 16.5. The molecule has 4 nitrogen and oxygen atoms in total. The molecule has 1 saturated carbocycles. The van der Waals surface area contributed by atoms with Gasteiger partial charge in [0.05, 0.1) is 12.1 Å². The van der Waals surface area contributed by atoms with Gasteiger partial charge in [0.1, 0.15) is 10.8 Å². The molecule has 1 amide bonds. The van der Waals surface area contributed by atoms with Gasteiger partial charge >= 0.3 is 0 Å².